The summed E-state index contributed by atoms with van der Waals surface area (Å²) in [6.45, 7) is 2.21. The van der Waals surface area contributed by atoms with Gasteiger partial charge in [-0.25, -0.2) is 0 Å². The topological polar surface area (TPSA) is 34.1 Å². The molecule has 1 aliphatic rings. The van der Waals surface area contributed by atoms with Gasteiger partial charge < -0.3 is 10.1 Å². The highest BCUT2D eigenvalue weighted by atomic mass is 16.5. The Labute approximate surface area is 126 Å². The average molecular weight is 282 g/mol. The Balaban J connectivity index is 1.81. The molecule has 1 N–H and O–H groups in total. The number of nitrogens with zero attached hydrogens (tertiary/aromatic N) is 1. The van der Waals surface area contributed by atoms with Gasteiger partial charge in [-0.1, -0.05) is 6.07 Å². The summed E-state index contributed by atoms with van der Waals surface area (Å²) in [6, 6.07) is 11.3. The Kier molecular flexibility index (Phi) is 4.20. The van der Waals surface area contributed by atoms with Crippen LogP contribution in [0.1, 0.15) is 48.5 Å². The summed E-state index contributed by atoms with van der Waals surface area (Å²) in [5.74, 6) is 0.944. The van der Waals surface area contributed by atoms with Crippen LogP contribution in [0.4, 0.5) is 0 Å². The quantitative estimate of drug-likeness (QED) is 0.925. The second kappa shape index (κ2) is 6.27. The highest BCUT2D eigenvalue weighted by Gasteiger charge is 2.22. The number of rotatable bonds is 4. The molecular weight excluding hydrogens is 260 g/mol. The predicted molar refractivity (Wildman–Crippen MR) is 84.5 cm³/mol. The molecule has 3 nitrogen and oxygen atoms in total. The molecule has 1 unspecified atom stereocenters. The molecule has 21 heavy (non-hydrogen) atoms. The van der Waals surface area contributed by atoms with E-state index in [2.05, 4.69) is 47.6 Å². The molecule has 0 aliphatic heterocycles. The number of nitrogens with one attached hydrogen (secondary N) is 1. The van der Waals surface area contributed by atoms with E-state index in [0.717, 1.165) is 5.75 Å². The summed E-state index contributed by atoms with van der Waals surface area (Å²) < 4.78 is 5.38. The van der Waals surface area contributed by atoms with Gasteiger partial charge in [0.05, 0.1) is 7.11 Å². The van der Waals surface area contributed by atoms with Crippen LogP contribution in [0.15, 0.2) is 42.7 Å². The van der Waals surface area contributed by atoms with Crippen molar-refractivity contribution in [3.63, 3.8) is 0 Å². The number of methoxy groups -OCH3 is 1. The molecule has 2 atom stereocenters. The molecule has 110 valence electrons. The SMILES string of the molecule is COc1ccc2c(c1)C(N[C@@H](C)c1ccncc1)CCC2. The summed E-state index contributed by atoms with van der Waals surface area (Å²) in [6.07, 6.45) is 7.29. The Morgan fingerprint density at radius 1 is 1.24 bits per heavy atom. The van der Waals surface area contributed by atoms with Crippen molar-refractivity contribution < 1.29 is 4.74 Å². The third-order valence-electron chi connectivity index (χ3n) is 4.32. The second-order valence-corrected chi connectivity index (χ2v) is 5.68. The number of ether oxygens (including phenoxy) is 1. The molecule has 0 bridgehead atoms. The average Bonchev–Trinajstić information content (AvgIpc) is 2.55. The smallest absolute Gasteiger partial charge is 0.119 e. The first-order valence-electron chi connectivity index (χ1n) is 7.60. The summed E-state index contributed by atoms with van der Waals surface area (Å²) in [7, 11) is 1.73. The van der Waals surface area contributed by atoms with Crippen molar-refractivity contribution in [3.8, 4) is 5.75 Å². The second-order valence-electron chi connectivity index (χ2n) is 5.68. The first-order chi connectivity index (χ1) is 10.3. The van der Waals surface area contributed by atoms with Gasteiger partial charge in [0, 0.05) is 24.5 Å². The molecular formula is C18H22N2O. The van der Waals surface area contributed by atoms with Gasteiger partial charge in [-0.3, -0.25) is 4.98 Å². The maximum atomic E-state index is 5.38. The van der Waals surface area contributed by atoms with Gasteiger partial charge in [-0.15, -0.1) is 0 Å². The van der Waals surface area contributed by atoms with Gasteiger partial charge in [0.1, 0.15) is 5.75 Å². The monoisotopic (exact) mass is 282 g/mol. The minimum Gasteiger partial charge on any atom is -0.497 e. The third kappa shape index (κ3) is 3.08. The van der Waals surface area contributed by atoms with Crippen LogP contribution >= 0.6 is 0 Å². The van der Waals surface area contributed by atoms with Gasteiger partial charge >= 0.3 is 0 Å². The number of fused-ring (bicyclic) bond motifs is 1. The van der Waals surface area contributed by atoms with Crippen LogP contribution in [0.5, 0.6) is 5.75 Å². The van der Waals surface area contributed by atoms with E-state index in [4.69, 9.17) is 4.74 Å². The molecule has 1 heterocycles. The van der Waals surface area contributed by atoms with Crippen LogP contribution in [0.25, 0.3) is 0 Å². The number of pyridine rings is 1. The standard InChI is InChI=1S/C18H22N2O/c1-13(14-8-10-19-11-9-14)20-18-5-3-4-15-6-7-16(21-2)12-17(15)18/h6-13,18,20H,3-5H2,1-2H3/t13-,18?/m0/s1. The first kappa shape index (κ1) is 14.1. The van der Waals surface area contributed by atoms with Crippen LogP contribution in [-0.4, -0.2) is 12.1 Å². The van der Waals surface area contributed by atoms with E-state index >= 15 is 0 Å². The minimum absolute atomic E-state index is 0.315. The molecule has 0 radical (unpaired) electrons. The molecule has 1 aromatic carbocycles. The van der Waals surface area contributed by atoms with E-state index in [-0.39, 0.29) is 0 Å². The molecule has 3 heteroatoms. The molecule has 3 rings (SSSR count). The third-order valence-corrected chi connectivity index (χ3v) is 4.32. The summed E-state index contributed by atoms with van der Waals surface area (Å²) in [5.41, 5.74) is 4.11. The van der Waals surface area contributed by atoms with Crippen molar-refractivity contribution in [2.24, 2.45) is 0 Å². The zero-order valence-electron chi connectivity index (χ0n) is 12.7. The fraction of sp³-hybridized carbons (Fsp3) is 0.389. The van der Waals surface area contributed by atoms with Crippen molar-refractivity contribution >= 4 is 0 Å². The highest BCUT2D eigenvalue weighted by Crippen LogP contribution is 2.34. The van der Waals surface area contributed by atoms with Crippen LogP contribution in [0.3, 0.4) is 0 Å². The number of benzene rings is 1. The summed E-state index contributed by atoms with van der Waals surface area (Å²) >= 11 is 0. The molecule has 1 aromatic heterocycles. The fourth-order valence-corrected chi connectivity index (χ4v) is 3.13. The molecule has 0 spiro atoms. The van der Waals surface area contributed by atoms with E-state index < -0.39 is 0 Å². The lowest BCUT2D eigenvalue weighted by atomic mass is 9.87. The molecule has 0 saturated heterocycles. The van der Waals surface area contributed by atoms with E-state index in [1.165, 1.54) is 36.0 Å². The van der Waals surface area contributed by atoms with Crippen molar-refractivity contribution in [2.45, 2.75) is 38.3 Å². The lowest BCUT2D eigenvalue weighted by molar-refractivity contribution is 0.399. The first-order valence-corrected chi connectivity index (χ1v) is 7.60. The van der Waals surface area contributed by atoms with Crippen LogP contribution in [0, 0.1) is 0 Å². The van der Waals surface area contributed by atoms with Crippen LogP contribution in [-0.2, 0) is 6.42 Å². The van der Waals surface area contributed by atoms with E-state index in [1.807, 2.05) is 12.4 Å². The van der Waals surface area contributed by atoms with E-state index in [1.54, 1.807) is 7.11 Å². The maximum absolute atomic E-state index is 5.38. The largest absolute Gasteiger partial charge is 0.497 e. The Hall–Kier alpha value is -1.87. The van der Waals surface area contributed by atoms with Gasteiger partial charge in [0.15, 0.2) is 0 Å². The number of hydrogen-bond acceptors (Lipinski definition) is 3. The molecule has 1 aliphatic carbocycles. The zero-order valence-corrected chi connectivity index (χ0v) is 12.7. The lowest BCUT2D eigenvalue weighted by Crippen LogP contribution is -2.27. The molecule has 0 fully saturated rings. The highest BCUT2D eigenvalue weighted by molar-refractivity contribution is 5.39. The van der Waals surface area contributed by atoms with Crippen LogP contribution < -0.4 is 10.1 Å². The zero-order chi connectivity index (χ0) is 14.7. The van der Waals surface area contributed by atoms with Crippen molar-refractivity contribution in [3.05, 3.63) is 59.4 Å². The predicted octanol–water partition coefficient (Wildman–Crippen LogP) is 3.82. The lowest BCUT2D eigenvalue weighted by Gasteiger charge is -2.29. The van der Waals surface area contributed by atoms with Crippen molar-refractivity contribution in [1.29, 1.82) is 0 Å². The fourth-order valence-electron chi connectivity index (χ4n) is 3.13. The normalized spacial score (nSPS) is 18.9. The number of aryl methyl sites for hydroxylation is 1. The Morgan fingerprint density at radius 2 is 2.05 bits per heavy atom. The molecule has 0 saturated carbocycles. The Morgan fingerprint density at radius 3 is 2.81 bits per heavy atom. The van der Waals surface area contributed by atoms with Gasteiger partial charge in [-0.05, 0) is 67.1 Å². The summed E-state index contributed by atoms with van der Waals surface area (Å²) in [5, 5.41) is 3.76. The van der Waals surface area contributed by atoms with Crippen LogP contribution in [0.2, 0.25) is 0 Å². The maximum Gasteiger partial charge on any atom is 0.119 e. The van der Waals surface area contributed by atoms with Crippen molar-refractivity contribution in [1.82, 2.24) is 10.3 Å². The minimum atomic E-state index is 0.315. The molecule has 2 aromatic rings. The van der Waals surface area contributed by atoms with Crippen molar-refractivity contribution in [2.75, 3.05) is 7.11 Å². The summed E-state index contributed by atoms with van der Waals surface area (Å²) in [4.78, 5) is 4.09. The molecule has 0 amide bonds. The Bertz CT molecular complexity index is 597. The van der Waals surface area contributed by atoms with Gasteiger partial charge in [-0.2, -0.15) is 0 Å². The van der Waals surface area contributed by atoms with E-state index in [9.17, 15) is 0 Å². The van der Waals surface area contributed by atoms with Gasteiger partial charge in [0.2, 0.25) is 0 Å². The number of aromatic nitrogens is 1. The van der Waals surface area contributed by atoms with E-state index in [0.29, 0.717) is 12.1 Å². The van der Waals surface area contributed by atoms with Gasteiger partial charge in [0.25, 0.3) is 0 Å². The number of hydrogen-bond donors (Lipinski definition) is 1.